The Bertz CT molecular complexity index is 423. The van der Waals surface area contributed by atoms with E-state index in [1.807, 2.05) is 0 Å². The van der Waals surface area contributed by atoms with Crippen molar-refractivity contribution < 1.29 is 4.79 Å². The molecular formula is C11H14N4OS. The number of aromatic nitrogens is 2. The first-order valence-corrected chi connectivity index (χ1v) is 5.95. The lowest BCUT2D eigenvalue weighted by atomic mass is 10.0. The SMILES string of the molecule is NC(=S)C1CCCC1NC(=O)c1cnccn1. The number of rotatable bonds is 3. The van der Waals surface area contributed by atoms with E-state index < -0.39 is 0 Å². The highest BCUT2D eigenvalue weighted by molar-refractivity contribution is 7.80. The molecule has 2 unspecified atom stereocenters. The van der Waals surface area contributed by atoms with Crippen LogP contribution in [0.15, 0.2) is 18.6 Å². The first-order valence-electron chi connectivity index (χ1n) is 5.54. The molecule has 0 saturated heterocycles. The Labute approximate surface area is 105 Å². The van der Waals surface area contributed by atoms with Crippen LogP contribution in [-0.4, -0.2) is 26.9 Å². The molecule has 0 radical (unpaired) electrons. The molecule has 6 heteroatoms. The molecule has 1 saturated carbocycles. The third-order valence-corrected chi connectivity index (χ3v) is 3.30. The molecular weight excluding hydrogens is 236 g/mol. The van der Waals surface area contributed by atoms with Crippen LogP contribution in [0.25, 0.3) is 0 Å². The minimum Gasteiger partial charge on any atom is -0.393 e. The molecule has 2 atom stereocenters. The van der Waals surface area contributed by atoms with E-state index in [0.29, 0.717) is 10.7 Å². The molecule has 5 nitrogen and oxygen atoms in total. The zero-order chi connectivity index (χ0) is 12.3. The van der Waals surface area contributed by atoms with Crippen LogP contribution in [0.2, 0.25) is 0 Å². The van der Waals surface area contributed by atoms with Gasteiger partial charge >= 0.3 is 0 Å². The molecule has 17 heavy (non-hydrogen) atoms. The molecule has 1 aromatic rings. The summed E-state index contributed by atoms with van der Waals surface area (Å²) in [5, 5.41) is 2.92. The van der Waals surface area contributed by atoms with Gasteiger partial charge in [-0.15, -0.1) is 0 Å². The van der Waals surface area contributed by atoms with Crippen molar-refractivity contribution in [2.45, 2.75) is 25.3 Å². The van der Waals surface area contributed by atoms with Crippen LogP contribution in [0.1, 0.15) is 29.8 Å². The second-order valence-electron chi connectivity index (χ2n) is 4.11. The van der Waals surface area contributed by atoms with Gasteiger partial charge in [0.1, 0.15) is 5.69 Å². The number of nitrogens with zero attached hydrogens (tertiary/aromatic N) is 2. The highest BCUT2D eigenvalue weighted by Crippen LogP contribution is 2.26. The summed E-state index contributed by atoms with van der Waals surface area (Å²) in [6, 6.07) is 0.0296. The Morgan fingerprint density at radius 3 is 2.94 bits per heavy atom. The van der Waals surface area contributed by atoms with Gasteiger partial charge in [-0.05, 0) is 12.8 Å². The first kappa shape index (κ1) is 11.9. The van der Waals surface area contributed by atoms with E-state index in [0.717, 1.165) is 19.3 Å². The first-order chi connectivity index (χ1) is 8.18. The van der Waals surface area contributed by atoms with Crippen LogP contribution >= 0.6 is 12.2 Å². The van der Waals surface area contributed by atoms with Crippen LogP contribution in [-0.2, 0) is 0 Å². The van der Waals surface area contributed by atoms with Gasteiger partial charge < -0.3 is 11.1 Å². The summed E-state index contributed by atoms with van der Waals surface area (Å²) < 4.78 is 0. The normalized spacial score (nSPS) is 23.3. The molecule has 0 bridgehead atoms. The largest absolute Gasteiger partial charge is 0.393 e. The van der Waals surface area contributed by atoms with Crippen molar-refractivity contribution in [3.8, 4) is 0 Å². The third-order valence-electron chi connectivity index (χ3n) is 2.99. The number of hydrogen-bond acceptors (Lipinski definition) is 4. The Kier molecular flexibility index (Phi) is 3.63. The Hall–Kier alpha value is -1.56. The van der Waals surface area contributed by atoms with Gasteiger partial charge in [0.05, 0.1) is 11.2 Å². The standard InChI is InChI=1S/C11H14N4OS/c12-10(17)7-2-1-3-8(7)15-11(16)9-6-13-4-5-14-9/h4-8H,1-3H2,(H2,12,17)(H,15,16). The van der Waals surface area contributed by atoms with Crippen molar-refractivity contribution in [3.05, 3.63) is 24.3 Å². The van der Waals surface area contributed by atoms with Gasteiger partial charge in [0, 0.05) is 24.4 Å². The van der Waals surface area contributed by atoms with E-state index in [-0.39, 0.29) is 17.9 Å². The van der Waals surface area contributed by atoms with Gasteiger partial charge in [0.15, 0.2) is 0 Å². The lowest BCUT2D eigenvalue weighted by molar-refractivity contribution is 0.0928. The zero-order valence-corrected chi connectivity index (χ0v) is 10.1. The van der Waals surface area contributed by atoms with E-state index >= 15 is 0 Å². The molecule has 0 aromatic carbocycles. The maximum absolute atomic E-state index is 11.9. The summed E-state index contributed by atoms with van der Waals surface area (Å²) >= 11 is 5.00. The fraction of sp³-hybridized carbons (Fsp3) is 0.455. The third kappa shape index (κ3) is 2.76. The number of hydrogen-bond donors (Lipinski definition) is 2. The fourth-order valence-corrected chi connectivity index (χ4v) is 2.41. The quantitative estimate of drug-likeness (QED) is 0.770. The summed E-state index contributed by atoms with van der Waals surface area (Å²) in [6.45, 7) is 0. The highest BCUT2D eigenvalue weighted by Gasteiger charge is 2.30. The Morgan fingerprint density at radius 2 is 2.29 bits per heavy atom. The maximum atomic E-state index is 11.9. The van der Waals surface area contributed by atoms with Gasteiger partial charge in [0.25, 0.3) is 5.91 Å². The van der Waals surface area contributed by atoms with Crippen molar-refractivity contribution >= 4 is 23.1 Å². The summed E-state index contributed by atoms with van der Waals surface area (Å²) in [5.74, 6) is -0.114. The van der Waals surface area contributed by atoms with Crippen LogP contribution in [0.4, 0.5) is 0 Å². The average Bonchev–Trinajstić information content (AvgIpc) is 2.78. The summed E-state index contributed by atoms with van der Waals surface area (Å²) in [4.78, 5) is 20.2. The fourth-order valence-electron chi connectivity index (χ4n) is 2.13. The maximum Gasteiger partial charge on any atom is 0.271 e. The lowest BCUT2D eigenvalue weighted by Crippen LogP contribution is -2.42. The van der Waals surface area contributed by atoms with Crippen molar-refractivity contribution in [3.63, 3.8) is 0 Å². The predicted octanol–water partition coefficient (Wildman–Crippen LogP) is 0.661. The molecule has 1 heterocycles. The van der Waals surface area contributed by atoms with Crippen LogP contribution in [0.3, 0.4) is 0 Å². The van der Waals surface area contributed by atoms with Gasteiger partial charge in [-0.3, -0.25) is 9.78 Å². The van der Waals surface area contributed by atoms with Crippen molar-refractivity contribution in [1.82, 2.24) is 15.3 Å². The van der Waals surface area contributed by atoms with E-state index in [4.69, 9.17) is 18.0 Å². The van der Waals surface area contributed by atoms with Crippen LogP contribution in [0, 0.1) is 5.92 Å². The second kappa shape index (κ2) is 5.18. The molecule has 1 aromatic heterocycles. The molecule has 1 aliphatic rings. The Morgan fingerprint density at radius 1 is 1.47 bits per heavy atom. The molecule has 1 aliphatic carbocycles. The molecule has 0 aliphatic heterocycles. The van der Waals surface area contributed by atoms with Crippen molar-refractivity contribution in [2.24, 2.45) is 11.7 Å². The van der Waals surface area contributed by atoms with E-state index in [9.17, 15) is 4.79 Å². The number of amides is 1. The Balaban J connectivity index is 2.02. The minimum absolute atomic E-state index is 0.0296. The summed E-state index contributed by atoms with van der Waals surface area (Å²) in [7, 11) is 0. The van der Waals surface area contributed by atoms with E-state index in [1.54, 1.807) is 0 Å². The lowest BCUT2D eigenvalue weighted by Gasteiger charge is -2.19. The highest BCUT2D eigenvalue weighted by atomic mass is 32.1. The van der Waals surface area contributed by atoms with E-state index in [1.165, 1.54) is 18.6 Å². The van der Waals surface area contributed by atoms with Gasteiger partial charge in [0.2, 0.25) is 0 Å². The number of thiocarbonyl (C=S) groups is 1. The van der Waals surface area contributed by atoms with Crippen molar-refractivity contribution in [1.29, 1.82) is 0 Å². The van der Waals surface area contributed by atoms with Gasteiger partial charge in [-0.1, -0.05) is 18.6 Å². The number of nitrogens with two attached hydrogens (primary N) is 1. The molecule has 0 spiro atoms. The van der Waals surface area contributed by atoms with Crippen LogP contribution < -0.4 is 11.1 Å². The monoisotopic (exact) mass is 250 g/mol. The molecule has 1 fully saturated rings. The van der Waals surface area contributed by atoms with E-state index in [2.05, 4.69) is 15.3 Å². The number of carbonyl (C=O) groups excluding carboxylic acids is 1. The molecule has 2 rings (SSSR count). The average molecular weight is 250 g/mol. The van der Waals surface area contributed by atoms with Gasteiger partial charge in [-0.2, -0.15) is 0 Å². The van der Waals surface area contributed by atoms with Crippen molar-refractivity contribution in [2.75, 3.05) is 0 Å². The number of nitrogens with one attached hydrogen (secondary N) is 1. The predicted molar refractivity (Wildman–Crippen MR) is 67.4 cm³/mol. The summed E-state index contributed by atoms with van der Waals surface area (Å²) in [5.41, 5.74) is 5.98. The molecule has 3 N–H and O–H groups in total. The van der Waals surface area contributed by atoms with Gasteiger partial charge in [-0.25, -0.2) is 4.98 Å². The topological polar surface area (TPSA) is 80.9 Å². The molecule has 90 valence electrons. The number of carbonyl (C=O) groups is 1. The zero-order valence-electron chi connectivity index (χ0n) is 9.30. The van der Waals surface area contributed by atoms with Crippen LogP contribution in [0.5, 0.6) is 0 Å². The minimum atomic E-state index is -0.216. The second-order valence-corrected chi connectivity index (χ2v) is 4.58. The smallest absolute Gasteiger partial charge is 0.271 e. The summed E-state index contributed by atoms with van der Waals surface area (Å²) in [6.07, 6.45) is 7.36. The molecule has 1 amide bonds.